The monoisotopic (exact) mass is 290 g/mol. The normalized spacial score (nSPS) is 22.7. The number of carbonyl (C=O) groups excluding carboxylic acids is 1. The fourth-order valence-corrected chi connectivity index (χ4v) is 2.82. The Balaban J connectivity index is 2.09. The zero-order valence-electron chi connectivity index (χ0n) is 12.9. The van der Waals surface area contributed by atoms with Crippen LogP contribution in [0.1, 0.15) is 56.3 Å². The maximum atomic E-state index is 12.5. The Kier molecular flexibility index (Phi) is 5.62. The van der Waals surface area contributed by atoms with Gasteiger partial charge in [-0.15, -0.1) is 0 Å². The van der Waals surface area contributed by atoms with Gasteiger partial charge in [0.2, 0.25) is 0 Å². The summed E-state index contributed by atoms with van der Waals surface area (Å²) in [6, 6.07) is 7.66. The average molecular weight is 290 g/mol. The molecule has 1 aliphatic carbocycles. The molecule has 0 aromatic heterocycles. The number of anilines is 1. The predicted octanol–water partition coefficient (Wildman–Crippen LogP) is 2.93. The summed E-state index contributed by atoms with van der Waals surface area (Å²) in [6.07, 6.45) is 4.44. The molecule has 116 valence electrons. The lowest BCUT2D eigenvalue weighted by atomic mass is 10.0. The molecular weight excluding hydrogens is 264 g/mol. The predicted molar refractivity (Wildman–Crippen MR) is 85.5 cm³/mol. The second kappa shape index (κ2) is 7.46. The van der Waals surface area contributed by atoms with Gasteiger partial charge in [0.1, 0.15) is 0 Å². The summed E-state index contributed by atoms with van der Waals surface area (Å²) >= 11 is 0. The maximum absolute atomic E-state index is 12.5. The van der Waals surface area contributed by atoms with Crippen LogP contribution in [0.3, 0.4) is 0 Å². The number of rotatable bonds is 4. The van der Waals surface area contributed by atoms with Crippen molar-refractivity contribution >= 4 is 11.6 Å². The first kappa shape index (κ1) is 15.8. The Morgan fingerprint density at radius 1 is 1.19 bits per heavy atom. The number of aliphatic hydroxyl groups excluding tert-OH is 1. The summed E-state index contributed by atoms with van der Waals surface area (Å²) < 4.78 is 0. The molecule has 0 spiro atoms. The van der Waals surface area contributed by atoms with E-state index < -0.39 is 6.10 Å². The van der Waals surface area contributed by atoms with Crippen molar-refractivity contribution in [1.29, 1.82) is 0 Å². The molecule has 0 saturated heterocycles. The summed E-state index contributed by atoms with van der Waals surface area (Å²) in [4.78, 5) is 12.5. The molecule has 0 radical (unpaired) electrons. The Labute approximate surface area is 126 Å². The minimum absolute atomic E-state index is 0.107. The fraction of sp³-hybridized carbons (Fsp3) is 0.588. The van der Waals surface area contributed by atoms with E-state index in [0.717, 1.165) is 37.8 Å². The Hall–Kier alpha value is -1.55. The molecule has 4 nitrogen and oxygen atoms in total. The molecule has 1 saturated carbocycles. The van der Waals surface area contributed by atoms with Crippen molar-refractivity contribution in [2.45, 2.75) is 64.1 Å². The van der Waals surface area contributed by atoms with Gasteiger partial charge in [-0.1, -0.05) is 31.4 Å². The van der Waals surface area contributed by atoms with Crippen LogP contribution in [-0.4, -0.2) is 29.2 Å². The number of carbonyl (C=O) groups is 1. The fourth-order valence-electron chi connectivity index (χ4n) is 2.82. The van der Waals surface area contributed by atoms with Gasteiger partial charge in [0.05, 0.1) is 17.7 Å². The van der Waals surface area contributed by atoms with Gasteiger partial charge >= 0.3 is 0 Å². The lowest BCUT2D eigenvalue weighted by Crippen LogP contribution is -2.42. The standard InChI is InChI=1S/C17H26N2O2/c1-12(2)18-14-9-7-6-8-13(14)17(21)19-15-10-4-3-5-11-16(15)20/h6-9,12,15-16,18,20H,3-5,10-11H2,1-2H3,(H,19,21). The molecule has 2 atom stereocenters. The Morgan fingerprint density at radius 2 is 1.90 bits per heavy atom. The van der Waals surface area contributed by atoms with E-state index in [-0.39, 0.29) is 18.0 Å². The Bertz CT molecular complexity index is 474. The summed E-state index contributed by atoms with van der Waals surface area (Å²) in [6.45, 7) is 4.09. The molecule has 1 amide bonds. The molecule has 0 heterocycles. The molecule has 1 aromatic rings. The van der Waals surface area contributed by atoms with Crippen LogP contribution in [0, 0.1) is 0 Å². The van der Waals surface area contributed by atoms with Crippen molar-refractivity contribution in [3.8, 4) is 0 Å². The zero-order chi connectivity index (χ0) is 15.2. The van der Waals surface area contributed by atoms with Crippen LogP contribution in [-0.2, 0) is 0 Å². The lowest BCUT2D eigenvalue weighted by Gasteiger charge is -2.23. The van der Waals surface area contributed by atoms with Crippen LogP contribution in [0.25, 0.3) is 0 Å². The van der Waals surface area contributed by atoms with Gasteiger partial charge in [-0.2, -0.15) is 0 Å². The molecule has 1 aromatic carbocycles. The van der Waals surface area contributed by atoms with Crippen molar-refractivity contribution < 1.29 is 9.90 Å². The number of hydrogen-bond donors (Lipinski definition) is 3. The van der Waals surface area contributed by atoms with Crippen LogP contribution in [0.2, 0.25) is 0 Å². The van der Waals surface area contributed by atoms with Gasteiger partial charge in [-0.25, -0.2) is 0 Å². The van der Waals surface area contributed by atoms with Crippen molar-refractivity contribution in [3.63, 3.8) is 0 Å². The third-order valence-electron chi connectivity index (χ3n) is 3.91. The molecular formula is C17H26N2O2. The second-order valence-corrected chi connectivity index (χ2v) is 6.13. The van der Waals surface area contributed by atoms with Gasteiger partial charge in [0.15, 0.2) is 0 Å². The third kappa shape index (κ3) is 4.46. The smallest absolute Gasteiger partial charge is 0.253 e. The molecule has 2 unspecified atom stereocenters. The van der Waals surface area contributed by atoms with E-state index >= 15 is 0 Å². The first-order valence-electron chi connectivity index (χ1n) is 7.92. The maximum Gasteiger partial charge on any atom is 0.253 e. The molecule has 0 bridgehead atoms. The van der Waals surface area contributed by atoms with Crippen LogP contribution in [0.15, 0.2) is 24.3 Å². The highest BCUT2D eigenvalue weighted by molar-refractivity contribution is 5.99. The van der Waals surface area contributed by atoms with E-state index in [1.165, 1.54) is 0 Å². The number of nitrogens with one attached hydrogen (secondary N) is 2. The summed E-state index contributed by atoms with van der Waals surface area (Å²) in [5.41, 5.74) is 1.48. The summed E-state index contributed by atoms with van der Waals surface area (Å²) in [7, 11) is 0. The number of aliphatic hydroxyl groups is 1. The van der Waals surface area contributed by atoms with E-state index in [2.05, 4.69) is 10.6 Å². The summed E-state index contributed by atoms with van der Waals surface area (Å²) in [5.74, 6) is -0.107. The molecule has 4 heteroatoms. The first-order valence-corrected chi connectivity index (χ1v) is 7.92. The van der Waals surface area contributed by atoms with Crippen molar-refractivity contribution in [2.24, 2.45) is 0 Å². The highest BCUT2D eigenvalue weighted by Gasteiger charge is 2.24. The molecule has 21 heavy (non-hydrogen) atoms. The van der Waals surface area contributed by atoms with Gasteiger partial charge in [0.25, 0.3) is 5.91 Å². The number of hydrogen-bond acceptors (Lipinski definition) is 3. The van der Waals surface area contributed by atoms with E-state index in [1.807, 2.05) is 38.1 Å². The van der Waals surface area contributed by atoms with E-state index in [1.54, 1.807) is 0 Å². The van der Waals surface area contributed by atoms with Crippen molar-refractivity contribution in [2.75, 3.05) is 5.32 Å². The first-order chi connectivity index (χ1) is 10.1. The highest BCUT2D eigenvalue weighted by atomic mass is 16.3. The van der Waals surface area contributed by atoms with E-state index in [9.17, 15) is 9.90 Å². The van der Waals surface area contributed by atoms with Gasteiger partial charge in [-0.3, -0.25) is 4.79 Å². The molecule has 1 fully saturated rings. The van der Waals surface area contributed by atoms with Crippen LogP contribution < -0.4 is 10.6 Å². The minimum atomic E-state index is -0.429. The van der Waals surface area contributed by atoms with Gasteiger partial charge in [0, 0.05) is 11.7 Å². The zero-order valence-corrected chi connectivity index (χ0v) is 12.9. The van der Waals surface area contributed by atoms with E-state index in [0.29, 0.717) is 5.56 Å². The number of para-hydroxylation sites is 1. The summed E-state index contributed by atoms with van der Waals surface area (Å²) in [5, 5.41) is 16.4. The van der Waals surface area contributed by atoms with Crippen LogP contribution >= 0.6 is 0 Å². The number of benzene rings is 1. The topological polar surface area (TPSA) is 61.4 Å². The van der Waals surface area contributed by atoms with Gasteiger partial charge < -0.3 is 15.7 Å². The SMILES string of the molecule is CC(C)Nc1ccccc1C(=O)NC1CCCCCC1O. The molecule has 3 N–H and O–H groups in total. The largest absolute Gasteiger partial charge is 0.391 e. The average Bonchev–Trinajstić information content (AvgIpc) is 2.64. The van der Waals surface area contributed by atoms with E-state index in [4.69, 9.17) is 0 Å². The molecule has 1 aliphatic rings. The van der Waals surface area contributed by atoms with Gasteiger partial charge in [-0.05, 0) is 38.8 Å². The molecule has 2 rings (SSSR count). The minimum Gasteiger partial charge on any atom is -0.391 e. The van der Waals surface area contributed by atoms with Crippen LogP contribution in [0.4, 0.5) is 5.69 Å². The van der Waals surface area contributed by atoms with Crippen molar-refractivity contribution in [3.05, 3.63) is 29.8 Å². The van der Waals surface area contributed by atoms with Crippen molar-refractivity contribution in [1.82, 2.24) is 5.32 Å². The quantitative estimate of drug-likeness (QED) is 0.747. The third-order valence-corrected chi connectivity index (χ3v) is 3.91. The van der Waals surface area contributed by atoms with Crippen LogP contribution in [0.5, 0.6) is 0 Å². The highest BCUT2D eigenvalue weighted by Crippen LogP contribution is 2.20. The lowest BCUT2D eigenvalue weighted by molar-refractivity contribution is 0.0819. The number of amides is 1. The second-order valence-electron chi connectivity index (χ2n) is 6.13. The molecule has 0 aliphatic heterocycles. The Morgan fingerprint density at radius 3 is 2.67 bits per heavy atom.